The van der Waals surface area contributed by atoms with E-state index in [1.54, 1.807) is 27.7 Å². The largest absolute Gasteiger partial charge is 0.465 e. The number of fused-ring (bicyclic) bond motifs is 3. The molecule has 0 aliphatic heterocycles. The monoisotopic (exact) mass is 718 g/mol. The third-order valence-electron chi connectivity index (χ3n) is 9.08. The van der Waals surface area contributed by atoms with Crippen molar-refractivity contribution in [3.8, 4) is 22.6 Å². The van der Waals surface area contributed by atoms with Crippen LogP contribution in [-0.4, -0.2) is 49.9 Å². The maximum absolute atomic E-state index is 11.9. The van der Waals surface area contributed by atoms with E-state index in [9.17, 15) is 9.59 Å². The standard InChI is InChI=1S/C45H50O8/c1-9-41(48-27-31(7)50-43(46)29(3)4)52-35-23-19-33(20-24-35)45(39-17-13-11-15-37(39)38-16-12-14-18-40(38)45)34-21-25-36(26-22-34)53-42(10-2)49-28-32(8)51-44(47)30(5)6/h11-26,31-32,41-42H,3,5,9-10,27-28H2,1-2,4,6-8H3. The van der Waals surface area contributed by atoms with E-state index in [1.165, 1.54) is 22.3 Å². The summed E-state index contributed by atoms with van der Waals surface area (Å²) < 4.78 is 35.2. The number of ether oxygens (including phenoxy) is 6. The molecule has 53 heavy (non-hydrogen) atoms. The summed E-state index contributed by atoms with van der Waals surface area (Å²) in [7, 11) is 0. The van der Waals surface area contributed by atoms with Crippen LogP contribution in [0, 0.1) is 0 Å². The second-order valence-electron chi connectivity index (χ2n) is 13.5. The number of hydrogen-bond acceptors (Lipinski definition) is 8. The Hall–Kier alpha value is -5.18. The number of esters is 2. The average molecular weight is 719 g/mol. The van der Waals surface area contributed by atoms with Gasteiger partial charge in [-0.05, 0) is 85.3 Å². The van der Waals surface area contributed by atoms with Crippen LogP contribution >= 0.6 is 0 Å². The van der Waals surface area contributed by atoms with E-state index in [0.29, 0.717) is 35.5 Å². The van der Waals surface area contributed by atoms with Gasteiger partial charge in [-0.15, -0.1) is 0 Å². The summed E-state index contributed by atoms with van der Waals surface area (Å²) in [5.74, 6) is 0.447. The summed E-state index contributed by atoms with van der Waals surface area (Å²) in [4.78, 5) is 23.8. The molecule has 1 aliphatic rings. The Morgan fingerprint density at radius 1 is 0.585 bits per heavy atom. The van der Waals surface area contributed by atoms with E-state index in [4.69, 9.17) is 28.4 Å². The van der Waals surface area contributed by atoms with E-state index in [2.05, 4.69) is 86.0 Å². The molecule has 0 fully saturated rings. The lowest BCUT2D eigenvalue weighted by Gasteiger charge is -2.34. The number of carbonyl (C=O) groups excluding carboxylic acids is 2. The van der Waals surface area contributed by atoms with Crippen molar-refractivity contribution < 1.29 is 38.0 Å². The SMILES string of the molecule is C=C(C)C(=O)OC(C)COC(CC)Oc1ccc(C2(c3ccc(OC(CC)OCC(C)OC(=O)C(=C)C)cc3)c3ccccc3-c3ccccc32)cc1. The molecule has 4 aromatic carbocycles. The maximum atomic E-state index is 11.9. The van der Waals surface area contributed by atoms with Gasteiger partial charge in [-0.25, -0.2) is 9.59 Å². The minimum Gasteiger partial charge on any atom is -0.465 e. The minimum atomic E-state index is -0.614. The van der Waals surface area contributed by atoms with Crippen LogP contribution in [0.5, 0.6) is 11.5 Å². The first kappa shape index (κ1) is 39.0. The molecule has 278 valence electrons. The molecular formula is C45H50O8. The van der Waals surface area contributed by atoms with Crippen molar-refractivity contribution in [2.75, 3.05) is 13.2 Å². The number of carbonyl (C=O) groups is 2. The zero-order chi connectivity index (χ0) is 38.1. The van der Waals surface area contributed by atoms with Gasteiger partial charge in [0.05, 0.1) is 18.6 Å². The Balaban J connectivity index is 1.40. The molecule has 8 heteroatoms. The normalized spacial score (nSPS) is 14.8. The van der Waals surface area contributed by atoms with Crippen molar-refractivity contribution in [1.29, 1.82) is 0 Å². The van der Waals surface area contributed by atoms with Crippen molar-refractivity contribution in [1.82, 2.24) is 0 Å². The molecule has 0 saturated heterocycles. The van der Waals surface area contributed by atoms with Crippen LogP contribution in [-0.2, 0) is 34.0 Å². The smallest absolute Gasteiger partial charge is 0.333 e. The first-order chi connectivity index (χ1) is 25.5. The third kappa shape index (κ3) is 8.90. The molecule has 1 aliphatic carbocycles. The minimum absolute atomic E-state index is 0.196. The summed E-state index contributed by atoms with van der Waals surface area (Å²) >= 11 is 0. The van der Waals surface area contributed by atoms with Crippen molar-refractivity contribution in [2.45, 2.75) is 84.6 Å². The highest BCUT2D eigenvalue weighted by atomic mass is 16.7. The Morgan fingerprint density at radius 2 is 0.943 bits per heavy atom. The van der Waals surface area contributed by atoms with Gasteiger partial charge in [0.25, 0.3) is 0 Å². The lowest BCUT2D eigenvalue weighted by atomic mass is 9.68. The van der Waals surface area contributed by atoms with Gasteiger partial charge in [-0.3, -0.25) is 0 Å². The molecule has 0 heterocycles. The summed E-state index contributed by atoms with van der Waals surface area (Å²) in [5.41, 5.74) is 6.98. The number of benzene rings is 4. The van der Waals surface area contributed by atoms with Gasteiger partial charge in [-0.1, -0.05) is 99.8 Å². The van der Waals surface area contributed by atoms with Crippen molar-refractivity contribution in [3.63, 3.8) is 0 Å². The molecule has 0 N–H and O–H groups in total. The number of rotatable bonds is 18. The summed E-state index contributed by atoms with van der Waals surface area (Å²) in [6.45, 7) is 18.4. The molecular weight excluding hydrogens is 668 g/mol. The maximum Gasteiger partial charge on any atom is 0.333 e. The van der Waals surface area contributed by atoms with Crippen LogP contribution in [0.3, 0.4) is 0 Å². The van der Waals surface area contributed by atoms with Gasteiger partial charge in [0.2, 0.25) is 0 Å². The van der Waals surface area contributed by atoms with Gasteiger partial charge in [0.15, 0.2) is 12.6 Å². The van der Waals surface area contributed by atoms with Crippen molar-refractivity contribution in [2.24, 2.45) is 0 Å². The summed E-state index contributed by atoms with van der Waals surface area (Å²) in [6.07, 6.45) is -0.721. The predicted molar refractivity (Wildman–Crippen MR) is 206 cm³/mol. The Kier molecular flexibility index (Phi) is 12.9. The van der Waals surface area contributed by atoms with Gasteiger partial charge in [0.1, 0.15) is 23.7 Å². The average Bonchev–Trinajstić information content (AvgIpc) is 3.46. The van der Waals surface area contributed by atoms with Crippen LogP contribution in [0.1, 0.15) is 76.6 Å². The van der Waals surface area contributed by atoms with Gasteiger partial charge >= 0.3 is 11.9 Å². The molecule has 5 rings (SSSR count). The van der Waals surface area contributed by atoms with E-state index < -0.39 is 42.1 Å². The first-order valence-corrected chi connectivity index (χ1v) is 18.2. The Morgan fingerprint density at radius 3 is 1.28 bits per heavy atom. The molecule has 0 bridgehead atoms. The van der Waals surface area contributed by atoms with E-state index in [0.717, 1.165) is 11.1 Å². The van der Waals surface area contributed by atoms with Crippen LogP contribution in [0.25, 0.3) is 11.1 Å². The van der Waals surface area contributed by atoms with E-state index >= 15 is 0 Å². The summed E-state index contributed by atoms with van der Waals surface area (Å²) in [5, 5.41) is 0. The molecule has 0 radical (unpaired) electrons. The quantitative estimate of drug-likeness (QED) is 0.0503. The van der Waals surface area contributed by atoms with Crippen LogP contribution in [0.15, 0.2) is 121 Å². The lowest BCUT2D eigenvalue weighted by Crippen LogP contribution is -2.29. The van der Waals surface area contributed by atoms with Crippen LogP contribution in [0.4, 0.5) is 0 Å². The van der Waals surface area contributed by atoms with Crippen LogP contribution in [0.2, 0.25) is 0 Å². The molecule has 8 nitrogen and oxygen atoms in total. The van der Waals surface area contributed by atoms with Gasteiger partial charge < -0.3 is 28.4 Å². The zero-order valence-electron chi connectivity index (χ0n) is 31.6. The topological polar surface area (TPSA) is 89.5 Å². The molecule has 0 amide bonds. The third-order valence-corrected chi connectivity index (χ3v) is 9.08. The van der Waals surface area contributed by atoms with Crippen molar-refractivity contribution >= 4 is 11.9 Å². The number of hydrogen-bond donors (Lipinski definition) is 0. The second-order valence-corrected chi connectivity index (χ2v) is 13.5. The molecule has 4 atom stereocenters. The van der Waals surface area contributed by atoms with E-state index in [-0.39, 0.29) is 13.2 Å². The lowest BCUT2D eigenvalue weighted by molar-refractivity contribution is -0.154. The highest BCUT2D eigenvalue weighted by molar-refractivity contribution is 5.88. The van der Waals surface area contributed by atoms with Crippen LogP contribution < -0.4 is 9.47 Å². The summed E-state index contributed by atoms with van der Waals surface area (Å²) in [6, 6.07) is 33.5. The zero-order valence-corrected chi connectivity index (χ0v) is 31.6. The van der Waals surface area contributed by atoms with Gasteiger partial charge in [-0.2, -0.15) is 0 Å². The molecule has 0 spiro atoms. The van der Waals surface area contributed by atoms with Crippen molar-refractivity contribution in [3.05, 3.63) is 144 Å². The molecule has 0 saturated carbocycles. The first-order valence-electron chi connectivity index (χ1n) is 18.2. The fourth-order valence-corrected chi connectivity index (χ4v) is 6.49. The molecule has 4 unspecified atom stereocenters. The second kappa shape index (κ2) is 17.6. The van der Waals surface area contributed by atoms with Gasteiger partial charge in [0, 0.05) is 24.0 Å². The fourth-order valence-electron chi connectivity index (χ4n) is 6.49. The molecule has 4 aromatic rings. The highest BCUT2D eigenvalue weighted by Crippen LogP contribution is 2.56. The predicted octanol–water partition coefficient (Wildman–Crippen LogP) is 9.33. The van der Waals surface area contributed by atoms with E-state index in [1.807, 2.05) is 38.1 Å². The Bertz CT molecular complexity index is 1760. The highest BCUT2D eigenvalue weighted by Gasteiger charge is 2.46. The fraction of sp³-hybridized carbons (Fsp3) is 0.333. The Labute approximate surface area is 313 Å². The molecule has 0 aromatic heterocycles.